The van der Waals surface area contributed by atoms with E-state index < -0.39 is 12.0 Å². The number of hydrogen-bond donors (Lipinski definition) is 0. The second kappa shape index (κ2) is 11.2. The molecular formula is C26H22I2N2O4S. The molecule has 1 atom stereocenters. The first-order valence-electron chi connectivity index (χ1n) is 10.8. The number of hydrogen-bond acceptors (Lipinski definition) is 6. The van der Waals surface area contributed by atoms with Crippen LogP contribution in [0.25, 0.3) is 6.08 Å². The van der Waals surface area contributed by atoms with Gasteiger partial charge in [-0.1, -0.05) is 54.3 Å². The Hall–Kier alpha value is -2.25. The molecule has 0 radical (unpaired) electrons. The third-order valence-corrected chi connectivity index (χ3v) is 7.88. The number of rotatable bonds is 7. The van der Waals surface area contributed by atoms with Gasteiger partial charge in [-0.15, -0.1) is 0 Å². The summed E-state index contributed by atoms with van der Waals surface area (Å²) in [6, 6.07) is 12.8. The van der Waals surface area contributed by atoms with Crippen molar-refractivity contribution >= 4 is 68.6 Å². The number of fused-ring (bicyclic) bond motifs is 1. The Morgan fingerprint density at radius 2 is 1.91 bits per heavy atom. The van der Waals surface area contributed by atoms with Crippen molar-refractivity contribution in [1.82, 2.24) is 4.57 Å². The minimum Gasteiger partial charge on any atom is -0.487 e. The molecule has 1 aliphatic rings. The molecule has 0 unspecified atom stereocenters. The largest absolute Gasteiger partial charge is 0.487 e. The van der Waals surface area contributed by atoms with Gasteiger partial charge in [0.2, 0.25) is 0 Å². The smallest absolute Gasteiger partial charge is 0.338 e. The average Bonchev–Trinajstić information content (AvgIpc) is 3.12. The maximum Gasteiger partial charge on any atom is 0.338 e. The van der Waals surface area contributed by atoms with Crippen molar-refractivity contribution in [3.8, 4) is 5.75 Å². The number of halogens is 2. The van der Waals surface area contributed by atoms with E-state index in [9.17, 15) is 9.59 Å². The van der Waals surface area contributed by atoms with Crippen molar-refractivity contribution in [3.05, 3.63) is 104 Å². The number of ether oxygens (including phenoxy) is 2. The number of carbonyl (C=O) groups excluding carboxylic acids is 1. The van der Waals surface area contributed by atoms with E-state index in [0.29, 0.717) is 27.2 Å². The van der Waals surface area contributed by atoms with Crippen LogP contribution in [0.2, 0.25) is 0 Å². The van der Waals surface area contributed by atoms with Gasteiger partial charge in [0.1, 0.15) is 12.4 Å². The van der Waals surface area contributed by atoms with Crippen molar-refractivity contribution in [2.75, 3.05) is 13.2 Å². The first-order chi connectivity index (χ1) is 16.8. The molecule has 0 aliphatic carbocycles. The Morgan fingerprint density at radius 1 is 1.23 bits per heavy atom. The summed E-state index contributed by atoms with van der Waals surface area (Å²) >= 11 is 5.77. The molecule has 2 heterocycles. The highest BCUT2D eigenvalue weighted by Gasteiger charge is 2.33. The van der Waals surface area contributed by atoms with Gasteiger partial charge in [-0.25, -0.2) is 9.79 Å². The molecule has 0 N–H and O–H groups in total. The zero-order valence-corrected chi connectivity index (χ0v) is 24.2. The summed E-state index contributed by atoms with van der Waals surface area (Å²) in [5.41, 5.74) is 2.44. The van der Waals surface area contributed by atoms with E-state index in [1.165, 1.54) is 11.3 Å². The van der Waals surface area contributed by atoms with E-state index in [1.807, 2.05) is 48.5 Å². The van der Waals surface area contributed by atoms with Gasteiger partial charge in [-0.3, -0.25) is 9.36 Å². The molecule has 180 valence electrons. The summed E-state index contributed by atoms with van der Waals surface area (Å²) in [5, 5.41) is 0. The Kier molecular flexibility index (Phi) is 8.27. The lowest BCUT2D eigenvalue weighted by Gasteiger charge is -2.24. The van der Waals surface area contributed by atoms with Crippen LogP contribution in [-0.2, 0) is 9.53 Å². The molecule has 0 saturated carbocycles. The van der Waals surface area contributed by atoms with Crippen LogP contribution in [0.4, 0.5) is 0 Å². The molecule has 0 bridgehead atoms. The molecule has 4 rings (SSSR count). The van der Waals surface area contributed by atoms with Crippen LogP contribution in [0.15, 0.2) is 76.2 Å². The fourth-order valence-electron chi connectivity index (χ4n) is 3.84. The molecule has 3 aromatic rings. The molecule has 9 heteroatoms. The van der Waals surface area contributed by atoms with Crippen molar-refractivity contribution in [1.29, 1.82) is 0 Å². The molecule has 0 fully saturated rings. The summed E-state index contributed by atoms with van der Waals surface area (Å²) in [6.07, 6.45) is 3.56. The lowest BCUT2D eigenvalue weighted by Crippen LogP contribution is -2.39. The lowest BCUT2D eigenvalue weighted by molar-refractivity contribution is -0.139. The highest BCUT2D eigenvalue weighted by Crippen LogP contribution is 2.31. The summed E-state index contributed by atoms with van der Waals surface area (Å²) in [5.74, 6) is 0.333. The number of carbonyl (C=O) groups is 1. The number of allylic oxidation sites excluding steroid dienone is 1. The van der Waals surface area contributed by atoms with Crippen LogP contribution in [-0.4, -0.2) is 23.8 Å². The van der Waals surface area contributed by atoms with E-state index >= 15 is 0 Å². The standard InChI is InChI=1S/C26H22I2N2O4S/c1-4-11-34-23-18(27)12-16(13-19(23)28)14-20-24(31)30-22(17-9-7-6-8-10-17)21(25(32)33-5-2)15(3)29-26(30)35-20/h4,6-10,12-14,22H,1,5,11H2,2-3H3/b20-14-/t22-/m0/s1. The summed E-state index contributed by atoms with van der Waals surface area (Å²) in [6.45, 7) is 7.90. The van der Waals surface area contributed by atoms with Crippen molar-refractivity contribution < 1.29 is 14.3 Å². The van der Waals surface area contributed by atoms with Crippen molar-refractivity contribution in [3.63, 3.8) is 0 Å². The molecule has 0 spiro atoms. The molecular weight excluding hydrogens is 690 g/mol. The Balaban J connectivity index is 1.88. The second-order valence-corrected chi connectivity index (χ2v) is 11.0. The highest BCUT2D eigenvalue weighted by atomic mass is 127. The number of thiazole rings is 1. The second-order valence-electron chi connectivity index (χ2n) is 7.63. The Labute approximate surface area is 234 Å². The topological polar surface area (TPSA) is 69.9 Å². The highest BCUT2D eigenvalue weighted by molar-refractivity contribution is 14.1. The van der Waals surface area contributed by atoms with E-state index in [2.05, 4.69) is 56.8 Å². The van der Waals surface area contributed by atoms with Crippen LogP contribution < -0.4 is 19.6 Å². The molecule has 1 aliphatic heterocycles. The molecule has 0 amide bonds. The van der Waals surface area contributed by atoms with E-state index in [0.717, 1.165) is 24.0 Å². The van der Waals surface area contributed by atoms with Gasteiger partial charge in [-0.2, -0.15) is 0 Å². The van der Waals surface area contributed by atoms with Crippen LogP contribution in [0.5, 0.6) is 5.75 Å². The van der Waals surface area contributed by atoms with Crippen LogP contribution in [0.3, 0.4) is 0 Å². The third-order valence-electron chi connectivity index (χ3n) is 5.30. The van der Waals surface area contributed by atoms with Crippen LogP contribution in [0, 0.1) is 7.14 Å². The molecule has 1 aromatic heterocycles. The molecule has 35 heavy (non-hydrogen) atoms. The first-order valence-corrected chi connectivity index (χ1v) is 13.8. The lowest BCUT2D eigenvalue weighted by atomic mass is 9.96. The fourth-order valence-corrected chi connectivity index (χ4v) is 7.01. The number of benzene rings is 2. The van der Waals surface area contributed by atoms with Gasteiger partial charge in [-0.05, 0) is 88.4 Å². The normalized spacial score (nSPS) is 15.4. The fraction of sp³-hybridized carbons (Fsp3) is 0.192. The van der Waals surface area contributed by atoms with Crippen LogP contribution in [0.1, 0.15) is 31.0 Å². The predicted molar refractivity (Wildman–Crippen MR) is 154 cm³/mol. The predicted octanol–water partition coefficient (Wildman–Crippen LogP) is 4.57. The monoisotopic (exact) mass is 712 g/mol. The van der Waals surface area contributed by atoms with Gasteiger partial charge in [0.25, 0.3) is 5.56 Å². The number of nitrogens with zero attached hydrogens (tertiary/aromatic N) is 2. The number of aromatic nitrogens is 1. The zero-order valence-electron chi connectivity index (χ0n) is 19.1. The average molecular weight is 712 g/mol. The quantitative estimate of drug-likeness (QED) is 0.205. The maximum atomic E-state index is 13.7. The first kappa shape index (κ1) is 25.8. The maximum absolute atomic E-state index is 13.7. The van der Waals surface area contributed by atoms with Crippen molar-refractivity contribution in [2.45, 2.75) is 19.9 Å². The van der Waals surface area contributed by atoms with E-state index in [4.69, 9.17) is 9.47 Å². The third kappa shape index (κ3) is 5.31. The van der Waals surface area contributed by atoms with Crippen molar-refractivity contribution in [2.24, 2.45) is 4.99 Å². The SMILES string of the molecule is C=CCOc1c(I)cc(/C=c2\sc3n(c2=O)[C@@H](c2ccccc2)C(C(=O)OCC)=C(C)N=3)cc1I. The minimum absolute atomic E-state index is 0.200. The summed E-state index contributed by atoms with van der Waals surface area (Å²) in [7, 11) is 0. The molecule has 2 aromatic carbocycles. The molecule has 0 saturated heterocycles. The van der Waals surface area contributed by atoms with Gasteiger partial charge in [0.05, 0.1) is 35.6 Å². The summed E-state index contributed by atoms with van der Waals surface area (Å²) < 4.78 is 15.1. The van der Waals surface area contributed by atoms with E-state index in [1.54, 1.807) is 24.5 Å². The Bertz CT molecular complexity index is 1480. The van der Waals surface area contributed by atoms with Crippen LogP contribution >= 0.6 is 56.5 Å². The molecule has 6 nitrogen and oxygen atoms in total. The number of esters is 1. The Morgan fingerprint density at radius 3 is 2.54 bits per heavy atom. The minimum atomic E-state index is -0.608. The summed E-state index contributed by atoms with van der Waals surface area (Å²) in [4.78, 5) is 31.8. The van der Waals surface area contributed by atoms with Gasteiger partial charge in [0.15, 0.2) is 4.80 Å². The van der Waals surface area contributed by atoms with E-state index in [-0.39, 0.29) is 12.2 Å². The van der Waals surface area contributed by atoms with Gasteiger partial charge < -0.3 is 9.47 Å². The van der Waals surface area contributed by atoms with Gasteiger partial charge >= 0.3 is 5.97 Å². The van der Waals surface area contributed by atoms with Gasteiger partial charge in [0, 0.05) is 0 Å². The zero-order chi connectivity index (χ0) is 25.1.